The van der Waals surface area contributed by atoms with Gasteiger partial charge in [-0.15, -0.1) is 0 Å². The zero-order chi connectivity index (χ0) is 13.7. The number of hydrazone groups is 1. The molecule has 0 aromatic heterocycles. The number of nitrogens with zero attached hydrogens (tertiary/aromatic N) is 1. The number of anilines is 1. The molecule has 19 heavy (non-hydrogen) atoms. The zero-order valence-corrected chi connectivity index (χ0v) is 11.7. The van der Waals surface area contributed by atoms with Crippen LogP contribution < -0.4 is 10.2 Å². The molecule has 0 aliphatic heterocycles. The smallest absolute Gasteiger partial charge is 0.119 e. The van der Waals surface area contributed by atoms with Crippen molar-refractivity contribution in [3.8, 4) is 5.75 Å². The average molecular weight is 295 g/mol. The molecule has 0 atom stereocenters. The molecule has 0 aliphatic rings. The quantitative estimate of drug-likeness (QED) is 0.668. The molecule has 3 nitrogen and oxygen atoms in total. The second-order valence-corrected chi connectivity index (χ2v) is 4.61. The Morgan fingerprint density at radius 3 is 2.47 bits per heavy atom. The number of nitrogens with one attached hydrogen (secondary N) is 1. The summed E-state index contributed by atoms with van der Waals surface area (Å²) in [6, 6.07) is 12.7. The van der Waals surface area contributed by atoms with Crippen LogP contribution in [-0.2, 0) is 0 Å². The lowest BCUT2D eigenvalue weighted by Crippen LogP contribution is -1.91. The largest absolute Gasteiger partial charge is 0.497 e. The van der Waals surface area contributed by atoms with E-state index in [9.17, 15) is 0 Å². The Kier molecular flexibility index (Phi) is 4.66. The zero-order valence-electron chi connectivity index (χ0n) is 10.2. The Balaban J connectivity index is 2.02. The molecule has 0 heterocycles. The lowest BCUT2D eigenvalue weighted by atomic mass is 10.2. The van der Waals surface area contributed by atoms with Crippen molar-refractivity contribution in [2.75, 3.05) is 12.5 Å². The van der Waals surface area contributed by atoms with Crippen LogP contribution in [0.15, 0.2) is 47.6 Å². The van der Waals surface area contributed by atoms with Crippen molar-refractivity contribution in [1.82, 2.24) is 0 Å². The Bertz CT molecular complexity index is 582. The molecule has 2 aromatic rings. The molecule has 0 saturated carbocycles. The minimum absolute atomic E-state index is 0.563. The molecule has 2 aromatic carbocycles. The molecule has 0 fully saturated rings. The van der Waals surface area contributed by atoms with E-state index in [4.69, 9.17) is 27.9 Å². The highest BCUT2D eigenvalue weighted by atomic mass is 35.5. The number of rotatable bonds is 4. The fourth-order valence-corrected chi connectivity index (χ4v) is 1.91. The molecule has 0 spiro atoms. The van der Waals surface area contributed by atoms with Crippen LogP contribution in [0.2, 0.25) is 10.0 Å². The topological polar surface area (TPSA) is 33.6 Å². The van der Waals surface area contributed by atoms with Gasteiger partial charge in [0.25, 0.3) is 0 Å². The van der Waals surface area contributed by atoms with Gasteiger partial charge in [-0.25, -0.2) is 0 Å². The maximum atomic E-state index is 6.03. The van der Waals surface area contributed by atoms with Crippen molar-refractivity contribution < 1.29 is 4.74 Å². The van der Waals surface area contributed by atoms with E-state index < -0.39 is 0 Å². The van der Waals surface area contributed by atoms with Gasteiger partial charge in [-0.1, -0.05) is 29.3 Å². The Morgan fingerprint density at radius 1 is 1.11 bits per heavy atom. The van der Waals surface area contributed by atoms with Crippen LogP contribution in [-0.4, -0.2) is 13.3 Å². The highest BCUT2D eigenvalue weighted by molar-refractivity contribution is 6.36. The van der Waals surface area contributed by atoms with E-state index in [1.54, 1.807) is 25.5 Å². The first-order valence-electron chi connectivity index (χ1n) is 5.57. The highest BCUT2D eigenvalue weighted by Gasteiger charge is 1.98. The number of benzene rings is 2. The number of ether oxygens (including phenoxy) is 1. The van der Waals surface area contributed by atoms with Crippen molar-refractivity contribution in [2.45, 2.75) is 0 Å². The standard InChI is InChI=1S/C14H12Cl2N2O/c1-19-13-6-4-12(5-7-13)18-17-9-10-2-3-11(15)8-14(10)16/h2-9,18H,1H3/b17-9+. The number of halogens is 2. The van der Waals surface area contributed by atoms with Gasteiger partial charge in [-0.3, -0.25) is 5.43 Å². The van der Waals surface area contributed by atoms with Gasteiger partial charge < -0.3 is 4.74 Å². The Hall–Kier alpha value is -1.71. The van der Waals surface area contributed by atoms with Gasteiger partial charge >= 0.3 is 0 Å². The first-order chi connectivity index (χ1) is 9.19. The maximum absolute atomic E-state index is 6.03. The Morgan fingerprint density at radius 2 is 1.84 bits per heavy atom. The predicted molar refractivity (Wildman–Crippen MR) is 80.7 cm³/mol. The lowest BCUT2D eigenvalue weighted by Gasteiger charge is -2.02. The molecular formula is C14H12Cl2N2O. The van der Waals surface area contributed by atoms with Crippen molar-refractivity contribution in [3.63, 3.8) is 0 Å². The summed E-state index contributed by atoms with van der Waals surface area (Å²) in [6.07, 6.45) is 1.64. The van der Waals surface area contributed by atoms with E-state index in [0.29, 0.717) is 10.0 Å². The van der Waals surface area contributed by atoms with Gasteiger partial charge in [0, 0.05) is 10.6 Å². The number of methoxy groups -OCH3 is 1. The summed E-state index contributed by atoms with van der Waals surface area (Å²) < 4.78 is 5.07. The summed E-state index contributed by atoms with van der Waals surface area (Å²) >= 11 is 11.8. The monoisotopic (exact) mass is 294 g/mol. The molecule has 0 unspecified atom stereocenters. The van der Waals surface area contributed by atoms with Crippen molar-refractivity contribution in [3.05, 3.63) is 58.1 Å². The summed E-state index contributed by atoms with van der Waals surface area (Å²) in [5.41, 5.74) is 4.57. The van der Waals surface area contributed by atoms with Crippen LogP contribution in [0.25, 0.3) is 0 Å². The van der Waals surface area contributed by atoms with Crippen LogP contribution in [0.5, 0.6) is 5.75 Å². The van der Waals surface area contributed by atoms with E-state index >= 15 is 0 Å². The van der Waals surface area contributed by atoms with E-state index in [1.807, 2.05) is 30.3 Å². The molecule has 0 saturated heterocycles. The van der Waals surface area contributed by atoms with E-state index in [1.165, 1.54) is 0 Å². The molecule has 2 rings (SSSR count). The fraction of sp³-hybridized carbons (Fsp3) is 0.0714. The van der Waals surface area contributed by atoms with Crippen molar-refractivity contribution in [1.29, 1.82) is 0 Å². The van der Waals surface area contributed by atoms with Crippen LogP contribution in [0.1, 0.15) is 5.56 Å². The van der Waals surface area contributed by atoms with Crippen LogP contribution in [0, 0.1) is 0 Å². The summed E-state index contributed by atoms with van der Waals surface area (Å²) in [5.74, 6) is 0.801. The molecule has 0 radical (unpaired) electrons. The van der Waals surface area contributed by atoms with Crippen molar-refractivity contribution in [2.24, 2.45) is 5.10 Å². The third kappa shape index (κ3) is 3.88. The fourth-order valence-electron chi connectivity index (χ4n) is 1.45. The molecule has 0 aliphatic carbocycles. The highest BCUT2D eigenvalue weighted by Crippen LogP contribution is 2.19. The van der Waals surface area contributed by atoms with Gasteiger partial charge in [0.05, 0.1) is 24.0 Å². The first kappa shape index (κ1) is 13.7. The predicted octanol–water partition coefficient (Wildman–Crippen LogP) is 4.45. The van der Waals surface area contributed by atoms with Crippen LogP contribution in [0.3, 0.4) is 0 Å². The normalized spacial score (nSPS) is 10.7. The second-order valence-electron chi connectivity index (χ2n) is 3.76. The minimum Gasteiger partial charge on any atom is -0.497 e. The van der Waals surface area contributed by atoms with Crippen LogP contribution >= 0.6 is 23.2 Å². The molecule has 0 amide bonds. The van der Waals surface area contributed by atoms with Gasteiger partial charge in [-0.05, 0) is 36.4 Å². The third-order valence-electron chi connectivity index (χ3n) is 2.45. The molecule has 98 valence electrons. The van der Waals surface area contributed by atoms with Crippen LogP contribution in [0.4, 0.5) is 5.69 Å². The SMILES string of the molecule is COc1ccc(N/N=C/c2ccc(Cl)cc2Cl)cc1. The Labute approximate surface area is 121 Å². The molecule has 1 N–H and O–H groups in total. The molecule has 5 heteroatoms. The van der Waals surface area contributed by atoms with E-state index in [-0.39, 0.29) is 0 Å². The van der Waals surface area contributed by atoms with Crippen molar-refractivity contribution >= 4 is 35.1 Å². The maximum Gasteiger partial charge on any atom is 0.119 e. The minimum atomic E-state index is 0.563. The second kappa shape index (κ2) is 6.45. The van der Waals surface area contributed by atoms with Gasteiger partial charge in [0.15, 0.2) is 0 Å². The lowest BCUT2D eigenvalue weighted by molar-refractivity contribution is 0.415. The molecule has 0 bridgehead atoms. The number of hydrogen-bond donors (Lipinski definition) is 1. The van der Waals surface area contributed by atoms with E-state index in [0.717, 1.165) is 17.0 Å². The van der Waals surface area contributed by atoms with Gasteiger partial charge in [-0.2, -0.15) is 5.10 Å². The molecular weight excluding hydrogens is 283 g/mol. The summed E-state index contributed by atoms with van der Waals surface area (Å²) in [4.78, 5) is 0. The number of hydrogen-bond acceptors (Lipinski definition) is 3. The average Bonchev–Trinajstić information content (AvgIpc) is 2.42. The first-order valence-corrected chi connectivity index (χ1v) is 6.33. The van der Waals surface area contributed by atoms with Gasteiger partial charge in [0.1, 0.15) is 5.75 Å². The summed E-state index contributed by atoms with van der Waals surface area (Å²) in [6.45, 7) is 0. The summed E-state index contributed by atoms with van der Waals surface area (Å²) in [5, 5.41) is 5.28. The third-order valence-corrected chi connectivity index (χ3v) is 3.01. The van der Waals surface area contributed by atoms with Gasteiger partial charge in [0.2, 0.25) is 0 Å². The summed E-state index contributed by atoms with van der Waals surface area (Å²) in [7, 11) is 1.63. The van der Waals surface area contributed by atoms with E-state index in [2.05, 4.69) is 10.5 Å².